The topological polar surface area (TPSA) is 57.2 Å². The first-order chi connectivity index (χ1) is 17.5. The van der Waals surface area contributed by atoms with Crippen LogP contribution in [0.25, 0.3) is 10.8 Å². The van der Waals surface area contributed by atoms with Crippen LogP contribution in [-0.2, 0) is 23.0 Å². The molecule has 0 saturated heterocycles. The van der Waals surface area contributed by atoms with Crippen LogP contribution in [0.5, 0.6) is 0 Å². The van der Waals surface area contributed by atoms with Crippen molar-refractivity contribution in [1.82, 2.24) is 0 Å². The van der Waals surface area contributed by atoms with E-state index in [1.807, 2.05) is 18.2 Å². The molecule has 0 radical (unpaired) electrons. The Morgan fingerprint density at radius 1 is 0.622 bits per heavy atom. The van der Waals surface area contributed by atoms with E-state index in [1.165, 1.54) is 89.9 Å². The molecule has 5 heteroatoms. The molecule has 2 aromatic carbocycles. The normalized spacial score (nSPS) is 11.6. The molecule has 0 saturated carbocycles. The summed E-state index contributed by atoms with van der Waals surface area (Å²) in [5, 5.41) is 1.46. The molecule has 0 fully saturated rings. The zero-order valence-corrected chi connectivity index (χ0v) is 25.0. The summed E-state index contributed by atoms with van der Waals surface area (Å²) in [7, 11) is -4.54. The SMILES string of the molecule is CCCCCCCCCCCc1cc2ccccc2c(S(=O)(=O)[O-])c1CCCCCCCCCCC.[Li+]. The monoisotopic (exact) mass is 522 g/mol. The van der Waals surface area contributed by atoms with Crippen LogP contribution in [-0.4, -0.2) is 13.0 Å². The Morgan fingerprint density at radius 3 is 1.54 bits per heavy atom. The van der Waals surface area contributed by atoms with Crippen molar-refractivity contribution in [2.24, 2.45) is 0 Å². The van der Waals surface area contributed by atoms with Gasteiger partial charge >= 0.3 is 18.9 Å². The van der Waals surface area contributed by atoms with E-state index in [2.05, 4.69) is 19.9 Å². The van der Waals surface area contributed by atoms with Crippen LogP contribution < -0.4 is 18.9 Å². The Labute approximate surface area is 240 Å². The van der Waals surface area contributed by atoms with E-state index in [9.17, 15) is 13.0 Å². The molecule has 0 spiro atoms. The molecular formula is C32H51LiO3S. The molecule has 0 atom stereocenters. The standard InChI is InChI=1S/C32H52O3S.Li/c1-3-5-7-9-11-13-15-17-19-23-28-27-29-24-21-22-26-31(29)32(36(33,34)35)30(28)25-20-18-16-14-12-10-8-6-4-2;/h21-22,24,26-27H,3-20,23,25H2,1-2H3,(H,33,34,35);/q;+1/p-1. The van der Waals surface area contributed by atoms with Crippen LogP contribution in [0.15, 0.2) is 35.2 Å². The summed E-state index contributed by atoms with van der Waals surface area (Å²) in [4.78, 5) is 0.0473. The third-order valence-electron chi connectivity index (χ3n) is 7.53. The molecule has 2 aromatic rings. The van der Waals surface area contributed by atoms with E-state index < -0.39 is 10.1 Å². The molecule has 0 aliphatic rings. The van der Waals surface area contributed by atoms with Gasteiger partial charge in [0.05, 0.1) is 4.90 Å². The van der Waals surface area contributed by atoms with E-state index in [4.69, 9.17) is 0 Å². The smallest absolute Gasteiger partial charge is 0.744 e. The minimum Gasteiger partial charge on any atom is -0.744 e. The fraction of sp³-hybridized carbons (Fsp3) is 0.688. The summed E-state index contributed by atoms with van der Waals surface area (Å²) in [5.74, 6) is 0. The molecule has 37 heavy (non-hydrogen) atoms. The summed E-state index contributed by atoms with van der Waals surface area (Å²) in [6.07, 6.45) is 23.9. The summed E-state index contributed by atoms with van der Waals surface area (Å²) < 4.78 is 37.3. The fourth-order valence-electron chi connectivity index (χ4n) is 5.43. The molecule has 0 heterocycles. The molecule has 2 rings (SSSR count). The third-order valence-corrected chi connectivity index (χ3v) is 8.49. The van der Waals surface area contributed by atoms with Crippen molar-refractivity contribution in [2.45, 2.75) is 147 Å². The second-order valence-corrected chi connectivity index (χ2v) is 12.0. The molecule has 0 amide bonds. The molecule has 0 aliphatic heterocycles. The minimum atomic E-state index is -4.54. The quantitative estimate of drug-likeness (QED) is 0.102. The van der Waals surface area contributed by atoms with Gasteiger partial charge in [0.1, 0.15) is 10.1 Å². The van der Waals surface area contributed by atoms with Crippen LogP contribution >= 0.6 is 0 Å². The molecular weight excluding hydrogens is 471 g/mol. The molecule has 204 valence electrons. The predicted molar refractivity (Wildman–Crippen MR) is 154 cm³/mol. The van der Waals surface area contributed by atoms with Gasteiger partial charge in [-0.25, -0.2) is 8.42 Å². The second-order valence-electron chi connectivity index (χ2n) is 10.7. The number of hydrogen-bond donors (Lipinski definition) is 0. The van der Waals surface area contributed by atoms with Gasteiger partial charge in [-0.3, -0.25) is 0 Å². The number of aryl methyl sites for hydroxylation is 1. The van der Waals surface area contributed by atoms with E-state index in [1.54, 1.807) is 6.07 Å². The number of hydrogen-bond acceptors (Lipinski definition) is 3. The van der Waals surface area contributed by atoms with E-state index in [0.29, 0.717) is 11.8 Å². The predicted octanol–water partition coefficient (Wildman–Crippen LogP) is 6.89. The number of unbranched alkanes of at least 4 members (excludes halogenated alkanes) is 16. The van der Waals surface area contributed by atoms with Crippen molar-refractivity contribution in [2.75, 3.05) is 0 Å². The van der Waals surface area contributed by atoms with Crippen molar-refractivity contribution in [1.29, 1.82) is 0 Å². The largest absolute Gasteiger partial charge is 1.00 e. The van der Waals surface area contributed by atoms with Gasteiger partial charge in [0.25, 0.3) is 0 Å². The summed E-state index contributed by atoms with van der Waals surface area (Å²) in [6.45, 7) is 4.49. The Bertz CT molecular complexity index is 971. The molecule has 3 nitrogen and oxygen atoms in total. The van der Waals surface area contributed by atoms with E-state index in [-0.39, 0.29) is 23.8 Å². The maximum atomic E-state index is 12.4. The second kappa shape index (κ2) is 20.2. The van der Waals surface area contributed by atoms with E-state index in [0.717, 1.165) is 48.6 Å². The minimum absolute atomic E-state index is 0. The van der Waals surface area contributed by atoms with Crippen LogP contribution in [0, 0.1) is 0 Å². The van der Waals surface area contributed by atoms with Gasteiger partial charge in [0.15, 0.2) is 0 Å². The Hall–Kier alpha value is -0.793. The van der Waals surface area contributed by atoms with Crippen LogP contribution in [0.3, 0.4) is 0 Å². The van der Waals surface area contributed by atoms with Gasteiger partial charge in [-0.1, -0.05) is 147 Å². The van der Waals surface area contributed by atoms with Gasteiger partial charge in [0, 0.05) is 0 Å². The maximum Gasteiger partial charge on any atom is 1.00 e. The molecule has 0 bridgehead atoms. The zero-order valence-electron chi connectivity index (χ0n) is 24.2. The molecule has 0 aliphatic carbocycles. The molecule has 0 unspecified atom stereocenters. The first kappa shape index (κ1) is 34.2. The zero-order chi connectivity index (χ0) is 26.1. The van der Waals surface area contributed by atoms with Gasteiger partial charge in [-0.15, -0.1) is 0 Å². The maximum absolute atomic E-state index is 12.4. The number of rotatable bonds is 21. The van der Waals surface area contributed by atoms with Gasteiger partial charge < -0.3 is 4.55 Å². The summed E-state index contributed by atoms with van der Waals surface area (Å²) in [5.41, 5.74) is 1.87. The van der Waals surface area contributed by atoms with Crippen LogP contribution in [0.2, 0.25) is 0 Å². The van der Waals surface area contributed by atoms with Crippen LogP contribution in [0.1, 0.15) is 141 Å². The Morgan fingerprint density at radius 2 is 1.05 bits per heavy atom. The van der Waals surface area contributed by atoms with Crippen molar-refractivity contribution >= 4 is 20.9 Å². The number of benzene rings is 2. The van der Waals surface area contributed by atoms with E-state index >= 15 is 0 Å². The van der Waals surface area contributed by atoms with Gasteiger partial charge in [-0.2, -0.15) is 0 Å². The van der Waals surface area contributed by atoms with Crippen LogP contribution in [0.4, 0.5) is 0 Å². The summed E-state index contributed by atoms with van der Waals surface area (Å²) >= 11 is 0. The average Bonchev–Trinajstić information content (AvgIpc) is 2.85. The molecule has 0 aromatic heterocycles. The van der Waals surface area contributed by atoms with Crippen molar-refractivity contribution in [3.63, 3.8) is 0 Å². The third kappa shape index (κ3) is 13.2. The number of fused-ring (bicyclic) bond motifs is 1. The Kier molecular flexibility index (Phi) is 18.7. The van der Waals surface area contributed by atoms with Crippen molar-refractivity contribution < 1.29 is 31.8 Å². The Balaban J connectivity index is 0.00000684. The molecule has 0 N–H and O–H groups in total. The fourth-order valence-corrected chi connectivity index (χ4v) is 6.42. The first-order valence-electron chi connectivity index (χ1n) is 15.0. The average molecular weight is 523 g/mol. The van der Waals surface area contributed by atoms with Gasteiger partial charge in [-0.05, 0) is 47.6 Å². The first-order valence-corrected chi connectivity index (χ1v) is 16.4. The summed E-state index contributed by atoms with van der Waals surface area (Å²) in [6, 6.07) is 9.64. The van der Waals surface area contributed by atoms with Gasteiger partial charge in [0.2, 0.25) is 0 Å². The van der Waals surface area contributed by atoms with Crippen molar-refractivity contribution in [3.8, 4) is 0 Å². The van der Waals surface area contributed by atoms with Crippen molar-refractivity contribution in [3.05, 3.63) is 41.5 Å².